The molecule has 0 spiro atoms. The molecular formula is C13H26N2O. The number of carbonyl (C=O) groups excluding carboxylic acids is 1. The van der Waals surface area contributed by atoms with Gasteiger partial charge >= 0.3 is 0 Å². The average molecular weight is 226 g/mol. The summed E-state index contributed by atoms with van der Waals surface area (Å²) in [6.45, 7) is 9.55. The third kappa shape index (κ3) is 6.11. The van der Waals surface area contributed by atoms with E-state index in [-0.39, 0.29) is 11.3 Å². The van der Waals surface area contributed by atoms with E-state index < -0.39 is 0 Å². The maximum absolute atomic E-state index is 11.6. The van der Waals surface area contributed by atoms with Gasteiger partial charge in [-0.1, -0.05) is 20.8 Å². The van der Waals surface area contributed by atoms with Gasteiger partial charge < -0.3 is 10.6 Å². The summed E-state index contributed by atoms with van der Waals surface area (Å²) in [7, 11) is 0. The van der Waals surface area contributed by atoms with E-state index in [2.05, 4.69) is 31.4 Å². The van der Waals surface area contributed by atoms with Crippen molar-refractivity contribution in [1.82, 2.24) is 10.6 Å². The normalized spacial score (nSPS) is 21.8. The molecule has 1 aliphatic heterocycles. The SMILES string of the molecule is CC(C)(C)CCC(=O)NCC1CCCNC1. The zero-order valence-electron chi connectivity index (χ0n) is 10.9. The molecule has 1 aliphatic rings. The fraction of sp³-hybridized carbons (Fsp3) is 0.923. The Balaban J connectivity index is 2.09. The van der Waals surface area contributed by atoms with Crippen LogP contribution in [-0.2, 0) is 4.79 Å². The Morgan fingerprint density at radius 1 is 1.44 bits per heavy atom. The second-order valence-corrected chi connectivity index (χ2v) is 6.08. The fourth-order valence-corrected chi connectivity index (χ4v) is 1.93. The number of hydrogen-bond donors (Lipinski definition) is 2. The van der Waals surface area contributed by atoms with Crippen LogP contribution in [0.1, 0.15) is 46.5 Å². The Hall–Kier alpha value is -0.570. The first-order chi connectivity index (χ1) is 7.47. The lowest BCUT2D eigenvalue weighted by atomic mass is 9.90. The predicted molar refractivity (Wildman–Crippen MR) is 67.3 cm³/mol. The van der Waals surface area contributed by atoms with Crippen LogP contribution in [0.3, 0.4) is 0 Å². The third-order valence-corrected chi connectivity index (χ3v) is 3.09. The number of nitrogens with one attached hydrogen (secondary N) is 2. The van der Waals surface area contributed by atoms with Gasteiger partial charge in [0.15, 0.2) is 0 Å². The molecule has 0 aromatic carbocycles. The molecule has 0 radical (unpaired) electrons. The lowest BCUT2D eigenvalue weighted by molar-refractivity contribution is -0.121. The summed E-state index contributed by atoms with van der Waals surface area (Å²) in [6, 6.07) is 0. The van der Waals surface area contributed by atoms with Gasteiger partial charge in [-0.15, -0.1) is 0 Å². The van der Waals surface area contributed by atoms with Crippen LogP contribution < -0.4 is 10.6 Å². The summed E-state index contributed by atoms with van der Waals surface area (Å²) >= 11 is 0. The lowest BCUT2D eigenvalue weighted by Gasteiger charge is -2.23. The van der Waals surface area contributed by atoms with Crippen LogP contribution in [-0.4, -0.2) is 25.5 Å². The molecular weight excluding hydrogens is 200 g/mol. The maximum atomic E-state index is 11.6. The monoisotopic (exact) mass is 226 g/mol. The number of carbonyl (C=O) groups is 1. The van der Waals surface area contributed by atoms with Gasteiger partial charge in [-0.05, 0) is 43.7 Å². The van der Waals surface area contributed by atoms with Gasteiger partial charge in [0.1, 0.15) is 0 Å². The quantitative estimate of drug-likeness (QED) is 0.769. The van der Waals surface area contributed by atoms with E-state index in [1.165, 1.54) is 12.8 Å². The number of amides is 1. The topological polar surface area (TPSA) is 41.1 Å². The van der Waals surface area contributed by atoms with Crippen molar-refractivity contribution in [3.05, 3.63) is 0 Å². The number of rotatable bonds is 4. The molecule has 1 heterocycles. The molecule has 1 fully saturated rings. The van der Waals surface area contributed by atoms with E-state index >= 15 is 0 Å². The van der Waals surface area contributed by atoms with E-state index in [9.17, 15) is 4.79 Å². The summed E-state index contributed by atoms with van der Waals surface area (Å²) in [5.74, 6) is 0.841. The van der Waals surface area contributed by atoms with Gasteiger partial charge in [-0.3, -0.25) is 4.79 Å². The van der Waals surface area contributed by atoms with Gasteiger partial charge in [0.05, 0.1) is 0 Å². The van der Waals surface area contributed by atoms with E-state index in [4.69, 9.17) is 0 Å². The molecule has 1 unspecified atom stereocenters. The van der Waals surface area contributed by atoms with Crippen molar-refractivity contribution in [3.8, 4) is 0 Å². The van der Waals surface area contributed by atoms with E-state index in [0.717, 1.165) is 26.1 Å². The molecule has 0 aromatic rings. The Morgan fingerprint density at radius 2 is 2.19 bits per heavy atom. The molecule has 1 amide bonds. The fourth-order valence-electron chi connectivity index (χ4n) is 1.93. The summed E-state index contributed by atoms with van der Waals surface area (Å²) in [5.41, 5.74) is 0.254. The van der Waals surface area contributed by atoms with Crippen molar-refractivity contribution in [1.29, 1.82) is 0 Å². The lowest BCUT2D eigenvalue weighted by Crippen LogP contribution is -2.38. The zero-order valence-corrected chi connectivity index (χ0v) is 10.9. The maximum Gasteiger partial charge on any atom is 0.220 e. The summed E-state index contributed by atoms with van der Waals surface area (Å²) in [6.07, 6.45) is 4.10. The number of piperidine rings is 1. The van der Waals surface area contributed by atoms with Crippen LogP contribution in [0.5, 0.6) is 0 Å². The van der Waals surface area contributed by atoms with Gasteiger partial charge in [0.2, 0.25) is 5.91 Å². The van der Waals surface area contributed by atoms with Crippen LogP contribution in [0, 0.1) is 11.3 Å². The highest BCUT2D eigenvalue weighted by atomic mass is 16.1. The summed E-state index contributed by atoms with van der Waals surface area (Å²) < 4.78 is 0. The first-order valence-corrected chi connectivity index (χ1v) is 6.45. The molecule has 1 atom stereocenters. The zero-order chi connectivity index (χ0) is 12.0. The van der Waals surface area contributed by atoms with E-state index in [1.54, 1.807) is 0 Å². The molecule has 1 saturated heterocycles. The first kappa shape index (κ1) is 13.5. The largest absolute Gasteiger partial charge is 0.356 e. The van der Waals surface area contributed by atoms with Crippen molar-refractivity contribution in [3.63, 3.8) is 0 Å². The van der Waals surface area contributed by atoms with Gasteiger partial charge in [-0.2, -0.15) is 0 Å². The first-order valence-electron chi connectivity index (χ1n) is 6.45. The second kappa shape index (κ2) is 6.24. The molecule has 94 valence electrons. The van der Waals surface area contributed by atoms with Gasteiger partial charge in [0.25, 0.3) is 0 Å². The Morgan fingerprint density at radius 3 is 2.75 bits per heavy atom. The van der Waals surface area contributed by atoms with Crippen LogP contribution >= 0.6 is 0 Å². The van der Waals surface area contributed by atoms with Crippen molar-refractivity contribution in [2.75, 3.05) is 19.6 Å². The summed E-state index contributed by atoms with van der Waals surface area (Å²) in [4.78, 5) is 11.6. The van der Waals surface area contributed by atoms with Crippen LogP contribution in [0.25, 0.3) is 0 Å². The predicted octanol–water partition coefficient (Wildman–Crippen LogP) is 1.93. The molecule has 1 rings (SSSR count). The minimum atomic E-state index is 0.209. The smallest absolute Gasteiger partial charge is 0.220 e. The highest BCUT2D eigenvalue weighted by Crippen LogP contribution is 2.20. The molecule has 16 heavy (non-hydrogen) atoms. The molecule has 3 nitrogen and oxygen atoms in total. The molecule has 2 N–H and O–H groups in total. The van der Waals surface area contributed by atoms with Crippen molar-refractivity contribution in [2.24, 2.45) is 11.3 Å². The van der Waals surface area contributed by atoms with Crippen LogP contribution in [0.4, 0.5) is 0 Å². The van der Waals surface area contributed by atoms with E-state index in [1.807, 2.05) is 0 Å². The molecule has 3 heteroatoms. The molecule has 0 saturated carbocycles. The van der Waals surface area contributed by atoms with Crippen LogP contribution in [0.15, 0.2) is 0 Å². The number of hydrogen-bond acceptors (Lipinski definition) is 2. The highest BCUT2D eigenvalue weighted by Gasteiger charge is 2.15. The Labute approximate surface area is 99.4 Å². The standard InChI is InChI=1S/C13H26N2O/c1-13(2,3)7-6-12(16)15-10-11-5-4-8-14-9-11/h11,14H,4-10H2,1-3H3,(H,15,16). The molecule has 0 aliphatic carbocycles. The summed E-state index contributed by atoms with van der Waals surface area (Å²) in [5, 5.41) is 6.41. The highest BCUT2D eigenvalue weighted by molar-refractivity contribution is 5.75. The molecule has 0 bridgehead atoms. The van der Waals surface area contributed by atoms with Crippen molar-refractivity contribution in [2.45, 2.75) is 46.5 Å². The average Bonchev–Trinajstić information content (AvgIpc) is 2.24. The third-order valence-electron chi connectivity index (χ3n) is 3.09. The van der Waals surface area contributed by atoms with Crippen molar-refractivity contribution < 1.29 is 4.79 Å². The minimum absolute atomic E-state index is 0.209. The van der Waals surface area contributed by atoms with Gasteiger partial charge in [0, 0.05) is 13.0 Å². The second-order valence-electron chi connectivity index (χ2n) is 6.08. The van der Waals surface area contributed by atoms with Crippen molar-refractivity contribution >= 4 is 5.91 Å². The minimum Gasteiger partial charge on any atom is -0.356 e. The van der Waals surface area contributed by atoms with E-state index in [0.29, 0.717) is 12.3 Å². The molecule has 0 aromatic heterocycles. The Bertz CT molecular complexity index is 214. The van der Waals surface area contributed by atoms with Crippen LogP contribution in [0.2, 0.25) is 0 Å². The Kier molecular flexibility index (Phi) is 5.26. The van der Waals surface area contributed by atoms with Gasteiger partial charge in [-0.25, -0.2) is 0 Å².